The van der Waals surface area contributed by atoms with Crippen molar-refractivity contribution in [3.05, 3.63) is 22.4 Å². The standard InChI is InChI=1S/C19H30N4OS.HI/c1-4-20-17(22-12-18(2,3)15-7-5-10-25-15)23-9-6-8-19(14-23)11-16(24)21-13-19;/h5,7,10H,4,6,8-9,11-14H2,1-3H3,(H,20,22)(H,21,24);1H. The molecule has 1 amide bonds. The van der Waals surface area contributed by atoms with E-state index >= 15 is 0 Å². The van der Waals surface area contributed by atoms with Crippen molar-refractivity contribution in [2.75, 3.05) is 32.7 Å². The fourth-order valence-corrected chi connectivity index (χ4v) is 4.71. The summed E-state index contributed by atoms with van der Waals surface area (Å²) in [6.45, 7) is 11.0. The Morgan fingerprint density at radius 2 is 2.31 bits per heavy atom. The normalized spacial score (nSPS) is 23.7. The number of hydrogen-bond acceptors (Lipinski definition) is 3. The highest BCUT2D eigenvalue weighted by atomic mass is 127. The first-order valence-corrected chi connectivity index (χ1v) is 10.2. The Kier molecular flexibility index (Phi) is 7.35. The van der Waals surface area contributed by atoms with Crippen LogP contribution in [0.2, 0.25) is 0 Å². The summed E-state index contributed by atoms with van der Waals surface area (Å²) in [4.78, 5) is 20.4. The summed E-state index contributed by atoms with van der Waals surface area (Å²) < 4.78 is 0. The fourth-order valence-electron chi connectivity index (χ4n) is 3.87. The SMILES string of the molecule is CCNC(=NCC(C)(C)c1cccs1)N1CCCC2(CNC(=O)C2)C1.I. The molecule has 2 N–H and O–H groups in total. The van der Waals surface area contributed by atoms with Crippen molar-refractivity contribution in [1.82, 2.24) is 15.5 Å². The molecule has 26 heavy (non-hydrogen) atoms. The molecule has 0 aromatic carbocycles. The topological polar surface area (TPSA) is 56.7 Å². The van der Waals surface area contributed by atoms with Crippen LogP contribution in [0, 0.1) is 5.41 Å². The number of nitrogens with zero attached hydrogens (tertiary/aromatic N) is 2. The van der Waals surface area contributed by atoms with Gasteiger partial charge in [-0.1, -0.05) is 19.9 Å². The van der Waals surface area contributed by atoms with E-state index in [4.69, 9.17) is 4.99 Å². The van der Waals surface area contributed by atoms with Crippen LogP contribution in [-0.4, -0.2) is 49.5 Å². The summed E-state index contributed by atoms with van der Waals surface area (Å²) in [7, 11) is 0. The second-order valence-electron chi connectivity index (χ2n) is 8.01. The molecule has 146 valence electrons. The minimum atomic E-state index is 0. The van der Waals surface area contributed by atoms with Gasteiger partial charge in [-0.2, -0.15) is 0 Å². The number of piperidine rings is 1. The molecule has 2 saturated heterocycles. The van der Waals surface area contributed by atoms with Crippen LogP contribution in [0.25, 0.3) is 0 Å². The lowest BCUT2D eigenvalue weighted by atomic mass is 9.79. The van der Waals surface area contributed by atoms with Crippen molar-refractivity contribution in [3.63, 3.8) is 0 Å². The van der Waals surface area contributed by atoms with Gasteiger partial charge in [-0.3, -0.25) is 9.79 Å². The summed E-state index contributed by atoms with van der Waals surface area (Å²) in [5.74, 6) is 1.19. The molecule has 2 aliphatic rings. The first-order valence-electron chi connectivity index (χ1n) is 9.28. The van der Waals surface area contributed by atoms with Gasteiger partial charge in [0, 0.05) is 48.3 Å². The molecule has 1 aromatic rings. The molecule has 5 nitrogen and oxygen atoms in total. The lowest BCUT2D eigenvalue weighted by Crippen LogP contribution is -2.51. The predicted molar refractivity (Wildman–Crippen MR) is 120 cm³/mol. The Hall–Kier alpha value is -0.830. The van der Waals surface area contributed by atoms with Gasteiger partial charge in [0.1, 0.15) is 0 Å². The molecule has 0 saturated carbocycles. The van der Waals surface area contributed by atoms with Crippen LogP contribution >= 0.6 is 35.3 Å². The Balaban J connectivity index is 0.00000243. The number of halogens is 1. The van der Waals surface area contributed by atoms with E-state index < -0.39 is 0 Å². The minimum absolute atomic E-state index is 0. The number of amides is 1. The van der Waals surface area contributed by atoms with E-state index in [-0.39, 0.29) is 40.7 Å². The zero-order valence-corrected chi connectivity index (χ0v) is 19.2. The average molecular weight is 490 g/mol. The summed E-state index contributed by atoms with van der Waals surface area (Å²) in [5, 5.41) is 8.61. The molecule has 0 aliphatic carbocycles. The van der Waals surface area contributed by atoms with Gasteiger partial charge in [0.25, 0.3) is 0 Å². The lowest BCUT2D eigenvalue weighted by molar-refractivity contribution is -0.119. The smallest absolute Gasteiger partial charge is 0.220 e. The third-order valence-corrected chi connectivity index (χ3v) is 6.54. The average Bonchev–Trinajstić information content (AvgIpc) is 3.23. The van der Waals surface area contributed by atoms with Crippen LogP contribution < -0.4 is 10.6 Å². The molecular weight excluding hydrogens is 459 g/mol. The molecule has 0 radical (unpaired) electrons. The maximum atomic E-state index is 11.7. The van der Waals surface area contributed by atoms with Crippen LogP contribution in [0.3, 0.4) is 0 Å². The zero-order chi connectivity index (χ0) is 17.9. The third kappa shape index (κ3) is 4.91. The Morgan fingerprint density at radius 3 is 2.92 bits per heavy atom. The van der Waals surface area contributed by atoms with Gasteiger partial charge in [0.05, 0.1) is 6.54 Å². The largest absolute Gasteiger partial charge is 0.357 e. The first-order chi connectivity index (χ1) is 11.9. The lowest BCUT2D eigenvalue weighted by Gasteiger charge is -2.41. The molecule has 1 aromatic heterocycles. The van der Waals surface area contributed by atoms with Crippen molar-refractivity contribution >= 4 is 47.2 Å². The van der Waals surface area contributed by atoms with Crippen LogP contribution in [0.1, 0.15) is 44.9 Å². The number of guanidine groups is 1. The van der Waals surface area contributed by atoms with Crippen LogP contribution in [0.4, 0.5) is 0 Å². The highest BCUT2D eigenvalue weighted by molar-refractivity contribution is 14.0. The monoisotopic (exact) mass is 490 g/mol. The number of rotatable bonds is 4. The van der Waals surface area contributed by atoms with Crippen molar-refractivity contribution in [3.8, 4) is 0 Å². The highest BCUT2D eigenvalue weighted by Crippen LogP contribution is 2.36. The summed E-state index contributed by atoms with van der Waals surface area (Å²) in [5.41, 5.74) is 0.127. The fraction of sp³-hybridized carbons (Fsp3) is 0.684. The van der Waals surface area contributed by atoms with E-state index in [1.807, 2.05) is 0 Å². The zero-order valence-electron chi connectivity index (χ0n) is 16.0. The molecule has 3 rings (SSSR count). The van der Waals surface area contributed by atoms with Crippen molar-refractivity contribution in [1.29, 1.82) is 0 Å². The van der Waals surface area contributed by atoms with Crippen LogP contribution in [-0.2, 0) is 10.2 Å². The number of carbonyl (C=O) groups is 1. The van der Waals surface area contributed by atoms with E-state index in [0.29, 0.717) is 6.42 Å². The summed E-state index contributed by atoms with van der Waals surface area (Å²) in [6, 6.07) is 4.30. The van der Waals surface area contributed by atoms with Gasteiger partial charge in [0.15, 0.2) is 5.96 Å². The van der Waals surface area contributed by atoms with Crippen molar-refractivity contribution in [2.45, 2.75) is 45.4 Å². The number of carbonyl (C=O) groups excluding carboxylic acids is 1. The minimum Gasteiger partial charge on any atom is -0.357 e. The summed E-state index contributed by atoms with van der Waals surface area (Å²) in [6.07, 6.45) is 2.90. The van der Waals surface area contributed by atoms with E-state index in [9.17, 15) is 4.79 Å². The quantitative estimate of drug-likeness (QED) is 0.387. The second-order valence-corrected chi connectivity index (χ2v) is 8.96. The Morgan fingerprint density at radius 1 is 1.50 bits per heavy atom. The second kappa shape index (κ2) is 8.91. The Labute approximate surface area is 178 Å². The van der Waals surface area contributed by atoms with E-state index in [1.165, 1.54) is 4.88 Å². The maximum absolute atomic E-state index is 11.7. The number of hydrogen-bond donors (Lipinski definition) is 2. The number of nitrogens with one attached hydrogen (secondary N) is 2. The highest BCUT2D eigenvalue weighted by Gasteiger charge is 2.42. The molecule has 1 unspecified atom stereocenters. The number of thiophene rings is 1. The van der Waals surface area contributed by atoms with Crippen molar-refractivity contribution < 1.29 is 4.79 Å². The number of likely N-dealkylation sites (tertiary alicyclic amines) is 1. The van der Waals surface area contributed by atoms with Gasteiger partial charge in [-0.05, 0) is 31.2 Å². The molecular formula is C19H31IN4OS. The van der Waals surface area contributed by atoms with E-state index in [2.05, 4.69) is 53.8 Å². The van der Waals surface area contributed by atoms with E-state index in [1.54, 1.807) is 11.3 Å². The molecule has 0 bridgehead atoms. The van der Waals surface area contributed by atoms with Gasteiger partial charge < -0.3 is 15.5 Å². The number of aliphatic imine (C=N–C) groups is 1. The maximum Gasteiger partial charge on any atom is 0.220 e. The predicted octanol–water partition coefficient (Wildman–Crippen LogP) is 3.21. The molecule has 7 heteroatoms. The molecule has 3 heterocycles. The van der Waals surface area contributed by atoms with Crippen molar-refractivity contribution in [2.24, 2.45) is 10.4 Å². The molecule has 2 aliphatic heterocycles. The molecule has 1 atom stereocenters. The van der Waals surface area contributed by atoms with Crippen LogP contribution in [0.15, 0.2) is 22.5 Å². The third-order valence-electron chi connectivity index (χ3n) is 5.30. The van der Waals surface area contributed by atoms with Gasteiger partial charge in [0.2, 0.25) is 5.91 Å². The first kappa shape index (κ1) is 21.5. The molecule has 2 fully saturated rings. The summed E-state index contributed by atoms with van der Waals surface area (Å²) >= 11 is 1.80. The van der Waals surface area contributed by atoms with Gasteiger partial charge in [-0.15, -0.1) is 35.3 Å². The van der Waals surface area contributed by atoms with E-state index in [0.717, 1.165) is 51.5 Å². The molecule has 1 spiro atoms. The Bertz CT molecular complexity index is 631. The van der Waals surface area contributed by atoms with Gasteiger partial charge >= 0.3 is 0 Å². The van der Waals surface area contributed by atoms with Crippen LogP contribution in [0.5, 0.6) is 0 Å². The van der Waals surface area contributed by atoms with Gasteiger partial charge in [-0.25, -0.2) is 0 Å².